The van der Waals surface area contributed by atoms with E-state index in [1.807, 2.05) is 42.5 Å². The van der Waals surface area contributed by atoms with Crippen LogP contribution in [-0.2, 0) is 21.4 Å². The van der Waals surface area contributed by atoms with Crippen molar-refractivity contribution < 1.29 is 13.2 Å². The molecule has 2 aliphatic rings. The standard InChI is InChI=1S/C29H33N5O3S/c1-3-38(36,37)32-24-13-14-26-25(19-24)27(29(35)31-26)28(22-7-5-4-6-8-22)30-23-11-9-21(10-12-23)20-34-17-15-33(2)16-18-34/h4-14,19,30,32H,3,15-18,20H2,1-2H3,(H,31,35)/b28-27-. The molecule has 3 N–H and O–H groups in total. The van der Waals surface area contributed by atoms with Crippen molar-refractivity contribution in [3.05, 3.63) is 89.5 Å². The van der Waals surface area contributed by atoms with Gasteiger partial charge in [0.15, 0.2) is 0 Å². The van der Waals surface area contributed by atoms with Crippen molar-refractivity contribution in [3.63, 3.8) is 0 Å². The van der Waals surface area contributed by atoms with Crippen LogP contribution in [0.3, 0.4) is 0 Å². The summed E-state index contributed by atoms with van der Waals surface area (Å²) in [6.07, 6.45) is 0. The third kappa shape index (κ3) is 5.91. The summed E-state index contributed by atoms with van der Waals surface area (Å²) in [5, 5.41) is 6.41. The van der Waals surface area contributed by atoms with Crippen molar-refractivity contribution in [2.75, 3.05) is 54.3 Å². The highest BCUT2D eigenvalue weighted by molar-refractivity contribution is 7.92. The summed E-state index contributed by atoms with van der Waals surface area (Å²) in [4.78, 5) is 18.0. The van der Waals surface area contributed by atoms with E-state index in [1.54, 1.807) is 25.1 Å². The van der Waals surface area contributed by atoms with Gasteiger partial charge >= 0.3 is 0 Å². The van der Waals surface area contributed by atoms with E-state index in [0.717, 1.165) is 44.0 Å². The molecule has 1 fully saturated rings. The zero-order valence-corrected chi connectivity index (χ0v) is 22.5. The Morgan fingerprint density at radius 1 is 0.921 bits per heavy atom. The van der Waals surface area contributed by atoms with Gasteiger partial charge in [0.05, 0.1) is 17.0 Å². The lowest BCUT2D eigenvalue weighted by atomic mass is 9.99. The van der Waals surface area contributed by atoms with Gasteiger partial charge in [-0.15, -0.1) is 0 Å². The Balaban J connectivity index is 1.47. The van der Waals surface area contributed by atoms with Gasteiger partial charge in [0.2, 0.25) is 10.0 Å². The molecule has 0 bridgehead atoms. The highest BCUT2D eigenvalue weighted by atomic mass is 32.2. The molecule has 2 aliphatic heterocycles. The van der Waals surface area contributed by atoms with Gasteiger partial charge < -0.3 is 15.5 Å². The molecule has 0 aromatic heterocycles. The predicted molar refractivity (Wildman–Crippen MR) is 154 cm³/mol. The summed E-state index contributed by atoms with van der Waals surface area (Å²) in [7, 11) is -1.30. The van der Waals surface area contributed by atoms with Crippen molar-refractivity contribution in [1.29, 1.82) is 0 Å². The third-order valence-electron chi connectivity index (χ3n) is 6.96. The van der Waals surface area contributed by atoms with E-state index in [2.05, 4.69) is 44.3 Å². The number of rotatable bonds is 8. The minimum atomic E-state index is -3.45. The lowest BCUT2D eigenvalue weighted by Gasteiger charge is -2.32. The van der Waals surface area contributed by atoms with Gasteiger partial charge in [-0.3, -0.25) is 14.4 Å². The summed E-state index contributed by atoms with van der Waals surface area (Å²) >= 11 is 0. The van der Waals surface area contributed by atoms with Gasteiger partial charge in [-0.05, 0) is 55.4 Å². The molecule has 1 saturated heterocycles. The van der Waals surface area contributed by atoms with E-state index in [0.29, 0.717) is 28.2 Å². The number of carbonyl (C=O) groups is 1. The van der Waals surface area contributed by atoms with E-state index >= 15 is 0 Å². The Kier molecular flexibility index (Phi) is 7.51. The summed E-state index contributed by atoms with van der Waals surface area (Å²) in [6.45, 7) is 6.78. The Bertz CT molecular complexity index is 1450. The van der Waals surface area contributed by atoms with Gasteiger partial charge in [0.1, 0.15) is 0 Å². The second-order valence-corrected chi connectivity index (χ2v) is 11.7. The number of piperazine rings is 1. The maximum absolute atomic E-state index is 13.2. The molecule has 3 aromatic rings. The number of hydrogen-bond donors (Lipinski definition) is 3. The number of nitrogens with one attached hydrogen (secondary N) is 3. The molecule has 0 spiro atoms. The number of fused-ring (bicyclic) bond motifs is 1. The lowest BCUT2D eigenvalue weighted by Crippen LogP contribution is -2.43. The minimum absolute atomic E-state index is 0.0361. The molecule has 0 radical (unpaired) electrons. The molecule has 38 heavy (non-hydrogen) atoms. The van der Waals surface area contributed by atoms with Crippen LogP contribution in [-0.4, -0.2) is 63.1 Å². The number of carbonyl (C=O) groups excluding carboxylic acids is 1. The second kappa shape index (κ2) is 11.0. The summed E-state index contributed by atoms with van der Waals surface area (Å²) in [6, 6.07) is 23.1. The minimum Gasteiger partial charge on any atom is -0.354 e. The van der Waals surface area contributed by atoms with Gasteiger partial charge in [-0.25, -0.2) is 8.42 Å². The maximum atomic E-state index is 13.2. The highest BCUT2D eigenvalue weighted by Crippen LogP contribution is 2.39. The van der Waals surface area contributed by atoms with Crippen LogP contribution in [0, 0.1) is 0 Å². The molecule has 0 unspecified atom stereocenters. The number of hydrogen-bond acceptors (Lipinski definition) is 6. The van der Waals surface area contributed by atoms with Crippen LogP contribution < -0.4 is 15.4 Å². The van der Waals surface area contributed by atoms with E-state index in [4.69, 9.17) is 0 Å². The van der Waals surface area contributed by atoms with Crippen LogP contribution >= 0.6 is 0 Å². The first-order valence-electron chi connectivity index (χ1n) is 12.8. The van der Waals surface area contributed by atoms with Gasteiger partial charge in [0, 0.05) is 55.3 Å². The number of nitrogens with zero attached hydrogens (tertiary/aromatic N) is 2. The monoisotopic (exact) mass is 531 g/mol. The molecular formula is C29H33N5O3S. The number of amides is 1. The summed E-state index contributed by atoms with van der Waals surface area (Å²) in [5.74, 6) is -0.278. The normalized spacial score (nSPS) is 17.6. The molecule has 0 atom stereocenters. The molecule has 0 saturated carbocycles. The quantitative estimate of drug-likeness (QED) is 0.379. The largest absolute Gasteiger partial charge is 0.354 e. The van der Waals surface area contributed by atoms with E-state index in [9.17, 15) is 13.2 Å². The summed E-state index contributed by atoms with van der Waals surface area (Å²) < 4.78 is 26.9. The topological polar surface area (TPSA) is 93.8 Å². The Hall–Kier alpha value is -3.66. The van der Waals surface area contributed by atoms with Crippen LogP contribution in [0.15, 0.2) is 72.8 Å². The molecular weight excluding hydrogens is 498 g/mol. The van der Waals surface area contributed by atoms with Gasteiger partial charge in [0.25, 0.3) is 5.91 Å². The molecule has 1 amide bonds. The fourth-order valence-corrected chi connectivity index (χ4v) is 5.35. The fraction of sp³-hybridized carbons (Fsp3) is 0.276. The zero-order valence-electron chi connectivity index (χ0n) is 21.7. The van der Waals surface area contributed by atoms with Crippen LogP contribution in [0.1, 0.15) is 23.6 Å². The predicted octanol–water partition coefficient (Wildman–Crippen LogP) is 4.13. The molecule has 5 rings (SSSR count). The number of benzene rings is 3. The Labute approximate surface area is 224 Å². The summed E-state index contributed by atoms with van der Waals surface area (Å²) in [5.41, 5.74) is 5.78. The van der Waals surface area contributed by atoms with E-state index in [-0.39, 0.29) is 11.7 Å². The van der Waals surface area contributed by atoms with Crippen molar-refractivity contribution >= 4 is 44.3 Å². The molecule has 198 valence electrons. The Morgan fingerprint density at radius 2 is 1.61 bits per heavy atom. The number of anilines is 3. The van der Waals surface area contributed by atoms with Crippen molar-refractivity contribution in [2.24, 2.45) is 0 Å². The molecule has 8 nitrogen and oxygen atoms in total. The van der Waals surface area contributed by atoms with Crippen molar-refractivity contribution in [3.8, 4) is 0 Å². The van der Waals surface area contributed by atoms with Crippen LogP contribution in [0.5, 0.6) is 0 Å². The maximum Gasteiger partial charge on any atom is 0.258 e. The first kappa shape index (κ1) is 26.0. The van der Waals surface area contributed by atoms with Crippen molar-refractivity contribution in [1.82, 2.24) is 9.80 Å². The highest BCUT2D eigenvalue weighted by Gasteiger charge is 2.29. The van der Waals surface area contributed by atoms with E-state index < -0.39 is 10.0 Å². The lowest BCUT2D eigenvalue weighted by molar-refractivity contribution is -0.110. The first-order valence-corrected chi connectivity index (χ1v) is 14.5. The molecule has 2 heterocycles. The molecule has 9 heteroatoms. The van der Waals surface area contributed by atoms with Gasteiger partial charge in [-0.1, -0.05) is 42.5 Å². The van der Waals surface area contributed by atoms with Crippen LogP contribution in [0.4, 0.5) is 17.1 Å². The fourth-order valence-electron chi connectivity index (χ4n) is 4.72. The average molecular weight is 532 g/mol. The number of sulfonamides is 1. The Morgan fingerprint density at radius 3 is 2.29 bits per heavy atom. The number of likely N-dealkylation sites (N-methyl/N-ethyl adjacent to an activating group) is 1. The molecule has 0 aliphatic carbocycles. The second-order valence-electron chi connectivity index (χ2n) is 9.74. The van der Waals surface area contributed by atoms with Crippen LogP contribution in [0.25, 0.3) is 11.3 Å². The zero-order chi connectivity index (χ0) is 26.7. The van der Waals surface area contributed by atoms with Crippen molar-refractivity contribution in [2.45, 2.75) is 13.5 Å². The van der Waals surface area contributed by atoms with Gasteiger partial charge in [-0.2, -0.15) is 0 Å². The van der Waals surface area contributed by atoms with E-state index in [1.165, 1.54) is 5.56 Å². The molecule has 3 aromatic carbocycles. The SMILES string of the molecule is CCS(=O)(=O)Nc1ccc2c(c1)/C(=C(/Nc1ccc(CN3CCN(C)CC3)cc1)c1ccccc1)C(=O)N2. The average Bonchev–Trinajstić information content (AvgIpc) is 3.24. The smallest absolute Gasteiger partial charge is 0.258 e. The first-order chi connectivity index (χ1) is 18.3. The third-order valence-corrected chi connectivity index (χ3v) is 8.26. The van der Waals surface area contributed by atoms with Crippen LogP contribution in [0.2, 0.25) is 0 Å².